The zero-order valence-electron chi connectivity index (χ0n) is 18.4. The monoisotopic (exact) mass is 565 g/mol. The molecule has 0 atom stereocenters. The summed E-state index contributed by atoms with van der Waals surface area (Å²) in [5, 5.41) is 7.15. The first-order valence-corrected chi connectivity index (χ1v) is 11.6. The van der Waals surface area contributed by atoms with Gasteiger partial charge in [-0.1, -0.05) is 33.6 Å². The predicted molar refractivity (Wildman–Crippen MR) is 139 cm³/mol. The van der Waals surface area contributed by atoms with E-state index in [0.29, 0.717) is 21.8 Å². The molecule has 0 spiro atoms. The SMILES string of the molecule is O=C(NN=Cc1cc(Br)ccc1OC(=O)c1ccc(Cl)cc1)c1cccc(NC(=O)c2ccco2)c1. The second-order valence-corrected chi connectivity index (χ2v) is 8.64. The van der Waals surface area contributed by atoms with Gasteiger partial charge >= 0.3 is 5.97 Å². The standard InChI is InChI=1S/C26H17BrClN3O5/c27-19-8-11-22(36-26(34)16-6-9-20(28)10-7-16)18(13-19)15-29-31-24(32)17-3-1-4-21(14-17)30-25(33)23-5-2-12-35-23/h1-15H,(H,30,33)(H,31,32). The van der Waals surface area contributed by atoms with Crippen molar-refractivity contribution in [3.8, 4) is 5.75 Å². The van der Waals surface area contributed by atoms with Crippen LogP contribution in [0.1, 0.15) is 36.8 Å². The molecule has 0 saturated heterocycles. The van der Waals surface area contributed by atoms with Crippen molar-refractivity contribution in [2.24, 2.45) is 5.10 Å². The molecule has 36 heavy (non-hydrogen) atoms. The molecule has 0 saturated carbocycles. The lowest BCUT2D eigenvalue weighted by Crippen LogP contribution is -2.18. The van der Waals surface area contributed by atoms with Crippen LogP contribution in [-0.2, 0) is 0 Å². The van der Waals surface area contributed by atoms with Crippen LogP contribution in [-0.4, -0.2) is 24.0 Å². The molecular weight excluding hydrogens is 550 g/mol. The van der Waals surface area contributed by atoms with Crippen molar-refractivity contribution < 1.29 is 23.5 Å². The molecule has 10 heteroatoms. The van der Waals surface area contributed by atoms with E-state index in [-0.39, 0.29) is 17.1 Å². The molecule has 1 aromatic heterocycles. The highest BCUT2D eigenvalue weighted by Gasteiger charge is 2.13. The Hall–Kier alpha value is -4.21. The van der Waals surface area contributed by atoms with Gasteiger partial charge in [0.05, 0.1) is 18.0 Å². The highest BCUT2D eigenvalue weighted by atomic mass is 79.9. The van der Waals surface area contributed by atoms with E-state index in [0.717, 1.165) is 4.47 Å². The van der Waals surface area contributed by atoms with Crippen LogP contribution in [0.2, 0.25) is 5.02 Å². The van der Waals surface area contributed by atoms with Crippen molar-refractivity contribution in [1.29, 1.82) is 0 Å². The van der Waals surface area contributed by atoms with Crippen LogP contribution in [0.3, 0.4) is 0 Å². The van der Waals surface area contributed by atoms with Gasteiger partial charge in [-0.15, -0.1) is 0 Å². The summed E-state index contributed by atoms with van der Waals surface area (Å²) in [6, 6.07) is 20.8. The number of carbonyl (C=O) groups is 3. The van der Waals surface area contributed by atoms with E-state index < -0.39 is 17.8 Å². The van der Waals surface area contributed by atoms with Gasteiger partial charge in [0.15, 0.2) is 5.76 Å². The summed E-state index contributed by atoms with van der Waals surface area (Å²) >= 11 is 9.24. The maximum Gasteiger partial charge on any atom is 0.343 e. The number of amides is 2. The summed E-state index contributed by atoms with van der Waals surface area (Å²) in [5.74, 6) is -1.11. The Bertz CT molecular complexity index is 1440. The Morgan fingerprint density at radius 2 is 1.72 bits per heavy atom. The van der Waals surface area contributed by atoms with Gasteiger partial charge in [-0.25, -0.2) is 10.2 Å². The third kappa shape index (κ3) is 6.47. The van der Waals surface area contributed by atoms with E-state index in [9.17, 15) is 14.4 Å². The molecule has 2 amide bonds. The fraction of sp³-hybridized carbons (Fsp3) is 0. The lowest BCUT2D eigenvalue weighted by atomic mass is 10.2. The van der Waals surface area contributed by atoms with E-state index in [1.165, 1.54) is 24.6 Å². The number of rotatable bonds is 7. The molecule has 0 bridgehead atoms. The Labute approximate surface area is 219 Å². The summed E-state index contributed by atoms with van der Waals surface area (Å²) in [4.78, 5) is 37.2. The molecule has 1 heterocycles. The highest BCUT2D eigenvalue weighted by molar-refractivity contribution is 9.10. The first-order valence-electron chi connectivity index (χ1n) is 10.4. The second-order valence-electron chi connectivity index (χ2n) is 7.29. The molecule has 0 aliphatic heterocycles. The Morgan fingerprint density at radius 1 is 0.917 bits per heavy atom. The van der Waals surface area contributed by atoms with Gasteiger partial charge in [-0.05, 0) is 72.8 Å². The van der Waals surface area contributed by atoms with Crippen molar-refractivity contribution in [2.75, 3.05) is 5.32 Å². The van der Waals surface area contributed by atoms with E-state index in [1.807, 2.05) is 0 Å². The number of nitrogens with one attached hydrogen (secondary N) is 2. The summed E-state index contributed by atoms with van der Waals surface area (Å²) < 4.78 is 11.3. The van der Waals surface area contributed by atoms with Crippen LogP contribution >= 0.6 is 27.5 Å². The summed E-state index contributed by atoms with van der Waals surface area (Å²) in [5.41, 5.74) is 3.89. The number of halogens is 2. The molecule has 3 aromatic carbocycles. The number of ether oxygens (including phenoxy) is 1. The van der Waals surface area contributed by atoms with Crippen LogP contribution in [0.4, 0.5) is 5.69 Å². The highest BCUT2D eigenvalue weighted by Crippen LogP contribution is 2.23. The minimum atomic E-state index is -0.568. The largest absolute Gasteiger partial charge is 0.459 e. The minimum Gasteiger partial charge on any atom is -0.459 e. The number of carbonyl (C=O) groups excluding carboxylic acids is 3. The van der Waals surface area contributed by atoms with Gasteiger partial charge in [-0.2, -0.15) is 5.10 Å². The topological polar surface area (TPSA) is 110 Å². The molecule has 2 N–H and O–H groups in total. The van der Waals surface area contributed by atoms with Crippen molar-refractivity contribution in [1.82, 2.24) is 5.43 Å². The molecule has 180 valence electrons. The normalized spacial score (nSPS) is 10.7. The van der Waals surface area contributed by atoms with Crippen LogP contribution in [0.15, 0.2) is 99.1 Å². The number of benzene rings is 3. The fourth-order valence-corrected chi connectivity index (χ4v) is 3.53. The van der Waals surface area contributed by atoms with E-state index in [1.54, 1.807) is 66.7 Å². The van der Waals surface area contributed by atoms with Crippen LogP contribution in [0.25, 0.3) is 0 Å². The van der Waals surface area contributed by atoms with Crippen LogP contribution < -0.4 is 15.5 Å². The lowest BCUT2D eigenvalue weighted by Gasteiger charge is -2.08. The van der Waals surface area contributed by atoms with Crippen LogP contribution in [0, 0.1) is 0 Å². The van der Waals surface area contributed by atoms with Crippen molar-refractivity contribution in [2.45, 2.75) is 0 Å². The molecule has 0 radical (unpaired) electrons. The van der Waals surface area contributed by atoms with E-state index >= 15 is 0 Å². The quantitative estimate of drug-likeness (QED) is 0.125. The molecule has 8 nitrogen and oxygen atoms in total. The number of esters is 1. The van der Waals surface area contributed by atoms with Crippen molar-refractivity contribution in [3.63, 3.8) is 0 Å². The summed E-state index contributed by atoms with van der Waals surface area (Å²) in [6.07, 6.45) is 2.75. The maximum atomic E-state index is 12.6. The van der Waals surface area contributed by atoms with Crippen molar-refractivity contribution in [3.05, 3.63) is 117 Å². The summed E-state index contributed by atoms with van der Waals surface area (Å²) in [7, 11) is 0. The first kappa shape index (κ1) is 24.9. The van der Waals surface area contributed by atoms with E-state index in [4.69, 9.17) is 20.8 Å². The molecule has 0 aliphatic rings. The maximum absolute atomic E-state index is 12.6. The molecule has 4 rings (SSSR count). The van der Waals surface area contributed by atoms with Crippen molar-refractivity contribution >= 4 is 57.2 Å². The zero-order valence-corrected chi connectivity index (χ0v) is 20.7. The number of anilines is 1. The van der Waals surface area contributed by atoms with Crippen LogP contribution in [0.5, 0.6) is 5.75 Å². The smallest absolute Gasteiger partial charge is 0.343 e. The molecule has 4 aromatic rings. The number of furan rings is 1. The van der Waals surface area contributed by atoms with Gasteiger partial charge in [0.1, 0.15) is 5.75 Å². The van der Waals surface area contributed by atoms with Gasteiger partial charge in [-0.3, -0.25) is 9.59 Å². The third-order valence-electron chi connectivity index (χ3n) is 4.75. The number of hydrogen-bond acceptors (Lipinski definition) is 6. The lowest BCUT2D eigenvalue weighted by molar-refractivity contribution is 0.0734. The second kappa shape index (κ2) is 11.5. The Kier molecular flexibility index (Phi) is 7.94. The summed E-state index contributed by atoms with van der Waals surface area (Å²) in [6.45, 7) is 0. The van der Waals surface area contributed by atoms with Gasteiger partial charge < -0.3 is 14.5 Å². The Balaban J connectivity index is 1.43. The molecule has 0 aliphatic carbocycles. The van der Waals surface area contributed by atoms with Gasteiger partial charge in [0.2, 0.25) is 0 Å². The van der Waals surface area contributed by atoms with Gasteiger partial charge in [0.25, 0.3) is 11.8 Å². The predicted octanol–water partition coefficient (Wildman–Crippen LogP) is 5.93. The van der Waals surface area contributed by atoms with E-state index in [2.05, 4.69) is 31.8 Å². The Morgan fingerprint density at radius 3 is 2.47 bits per heavy atom. The molecule has 0 unspecified atom stereocenters. The third-order valence-corrected chi connectivity index (χ3v) is 5.50. The molecule has 0 fully saturated rings. The average Bonchev–Trinajstić information content (AvgIpc) is 3.41. The number of hydrogen-bond donors (Lipinski definition) is 2. The fourth-order valence-electron chi connectivity index (χ4n) is 3.02. The number of hydrazone groups is 1. The minimum absolute atomic E-state index is 0.149. The zero-order chi connectivity index (χ0) is 25.5. The molecular formula is C26H17BrClN3O5. The first-order chi connectivity index (χ1) is 17.4. The van der Waals surface area contributed by atoms with Gasteiger partial charge in [0, 0.05) is 26.3 Å². The number of nitrogens with zero attached hydrogens (tertiary/aromatic N) is 1. The average molecular weight is 567 g/mol.